The summed E-state index contributed by atoms with van der Waals surface area (Å²) >= 11 is 0. The zero-order valence-electron chi connectivity index (χ0n) is 19.3. The van der Waals surface area contributed by atoms with Crippen LogP contribution in [0, 0.1) is 6.92 Å². The smallest absolute Gasteiger partial charge is 0.251 e. The molecule has 1 aliphatic rings. The third-order valence-corrected chi connectivity index (χ3v) is 6.03. The van der Waals surface area contributed by atoms with E-state index in [2.05, 4.69) is 62.1 Å². The summed E-state index contributed by atoms with van der Waals surface area (Å²) < 4.78 is 1.84. The molecule has 0 atom stereocenters. The van der Waals surface area contributed by atoms with Gasteiger partial charge in [0.1, 0.15) is 0 Å². The molecule has 0 aliphatic carbocycles. The third-order valence-electron chi connectivity index (χ3n) is 6.03. The van der Waals surface area contributed by atoms with Gasteiger partial charge < -0.3 is 16.0 Å². The Hall–Kier alpha value is -3.75. The van der Waals surface area contributed by atoms with E-state index in [1.807, 2.05) is 47.0 Å². The van der Waals surface area contributed by atoms with Gasteiger partial charge in [-0.25, -0.2) is 4.52 Å². The molecule has 0 bridgehead atoms. The number of amides is 1. The standard InChI is InChI=1S/C26H29N7O/c1-19-5-7-20(8-6-19)23-3-2-4-24-30-26(31-33(23)24)29-22-11-9-21(10-12-22)25(34)28-15-18-32-16-13-27-14-17-32/h2-12,27H,13-18H2,1H3,(H,28,34)(H,29,31). The molecule has 34 heavy (non-hydrogen) atoms. The molecule has 0 radical (unpaired) electrons. The Bertz CT molecular complexity index is 1260. The number of carbonyl (C=O) groups excluding carboxylic acids is 1. The van der Waals surface area contributed by atoms with E-state index >= 15 is 0 Å². The molecular formula is C26H29N7O. The Morgan fingerprint density at radius 3 is 2.53 bits per heavy atom. The summed E-state index contributed by atoms with van der Waals surface area (Å²) in [5, 5.41) is 14.2. The SMILES string of the molecule is Cc1ccc(-c2cccc3nc(Nc4ccc(C(=O)NCCN5CCNCC5)cc4)nn23)cc1. The van der Waals surface area contributed by atoms with Crippen LogP contribution < -0.4 is 16.0 Å². The quantitative estimate of drug-likeness (QED) is 0.397. The highest BCUT2D eigenvalue weighted by Crippen LogP contribution is 2.22. The Morgan fingerprint density at radius 1 is 1.00 bits per heavy atom. The van der Waals surface area contributed by atoms with Gasteiger partial charge in [-0.15, -0.1) is 5.10 Å². The second-order valence-electron chi connectivity index (χ2n) is 8.53. The lowest BCUT2D eigenvalue weighted by atomic mass is 10.1. The van der Waals surface area contributed by atoms with Gasteiger partial charge in [0.05, 0.1) is 5.69 Å². The van der Waals surface area contributed by atoms with Crippen LogP contribution in [0.25, 0.3) is 16.9 Å². The molecule has 0 unspecified atom stereocenters. The number of aromatic nitrogens is 3. The minimum absolute atomic E-state index is 0.0599. The summed E-state index contributed by atoms with van der Waals surface area (Å²) in [4.78, 5) is 19.4. The van der Waals surface area contributed by atoms with Crippen LogP contribution in [0.2, 0.25) is 0 Å². The lowest BCUT2D eigenvalue weighted by Crippen LogP contribution is -2.46. The fourth-order valence-corrected chi connectivity index (χ4v) is 4.10. The van der Waals surface area contributed by atoms with Gasteiger partial charge in [0.25, 0.3) is 5.91 Å². The first-order chi connectivity index (χ1) is 16.7. The van der Waals surface area contributed by atoms with Gasteiger partial charge in [-0.1, -0.05) is 35.9 Å². The van der Waals surface area contributed by atoms with Gasteiger partial charge in [0, 0.05) is 56.1 Å². The molecule has 1 saturated heterocycles. The monoisotopic (exact) mass is 455 g/mol. The zero-order valence-corrected chi connectivity index (χ0v) is 19.3. The number of hydrogen-bond donors (Lipinski definition) is 3. The van der Waals surface area contributed by atoms with Gasteiger partial charge >= 0.3 is 0 Å². The minimum atomic E-state index is -0.0599. The molecule has 0 spiro atoms. The van der Waals surface area contributed by atoms with E-state index in [-0.39, 0.29) is 5.91 Å². The second kappa shape index (κ2) is 10.0. The summed E-state index contributed by atoms with van der Waals surface area (Å²) in [6.07, 6.45) is 0. The first-order valence-corrected chi connectivity index (χ1v) is 11.7. The van der Waals surface area contributed by atoms with Crippen molar-refractivity contribution in [3.63, 3.8) is 0 Å². The van der Waals surface area contributed by atoms with Crippen LogP contribution in [-0.2, 0) is 0 Å². The van der Waals surface area contributed by atoms with Crippen LogP contribution in [0.1, 0.15) is 15.9 Å². The van der Waals surface area contributed by atoms with Crippen molar-refractivity contribution in [2.75, 3.05) is 44.6 Å². The topological polar surface area (TPSA) is 86.6 Å². The number of anilines is 2. The number of hydrogen-bond acceptors (Lipinski definition) is 6. The van der Waals surface area contributed by atoms with Crippen molar-refractivity contribution >= 4 is 23.2 Å². The largest absolute Gasteiger partial charge is 0.351 e. The molecule has 2 aromatic heterocycles. The Labute approximate surface area is 199 Å². The number of rotatable bonds is 7. The van der Waals surface area contributed by atoms with Crippen molar-refractivity contribution in [2.24, 2.45) is 0 Å². The minimum Gasteiger partial charge on any atom is -0.351 e. The molecule has 8 nitrogen and oxygen atoms in total. The van der Waals surface area contributed by atoms with E-state index in [0.717, 1.165) is 55.3 Å². The summed E-state index contributed by atoms with van der Waals surface area (Å²) in [6.45, 7) is 7.67. The lowest BCUT2D eigenvalue weighted by Gasteiger charge is -2.27. The van der Waals surface area contributed by atoms with Crippen molar-refractivity contribution in [1.29, 1.82) is 0 Å². The number of nitrogens with zero attached hydrogens (tertiary/aromatic N) is 4. The molecule has 4 aromatic rings. The van der Waals surface area contributed by atoms with E-state index in [4.69, 9.17) is 0 Å². The van der Waals surface area contributed by atoms with Crippen molar-refractivity contribution in [2.45, 2.75) is 6.92 Å². The highest BCUT2D eigenvalue weighted by molar-refractivity contribution is 5.94. The summed E-state index contributed by atoms with van der Waals surface area (Å²) in [5.41, 5.74) is 5.50. The fraction of sp³-hybridized carbons (Fsp3) is 0.269. The predicted octanol–water partition coefficient (Wildman–Crippen LogP) is 3.08. The Kier molecular flexibility index (Phi) is 6.51. The number of piperazine rings is 1. The Balaban J connectivity index is 1.23. The molecule has 174 valence electrons. The Morgan fingerprint density at radius 2 is 1.76 bits per heavy atom. The number of aryl methyl sites for hydroxylation is 1. The van der Waals surface area contributed by atoms with Crippen LogP contribution in [0.15, 0.2) is 66.7 Å². The molecule has 1 aliphatic heterocycles. The molecule has 5 rings (SSSR count). The van der Waals surface area contributed by atoms with Gasteiger partial charge in [-0.05, 0) is 43.3 Å². The number of nitrogens with one attached hydrogen (secondary N) is 3. The first kappa shape index (κ1) is 22.1. The lowest BCUT2D eigenvalue weighted by molar-refractivity contribution is 0.0947. The number of pyridine rings is 1. The van der Waals surface area contributed by atoms with Crippen molar-refractivity contribution in [1.82, 2.24) is 30.1 Å². The predicted molar refractivity (Wildman–Crippen MR) is 135 cm³/mol. The van der Waals surface area contributed by atoms with Crippen LogP contribution in [0.4, 0.5) is 11.6 Å². The maximum atomic E-state index is 12.5. The summed E-state index contributed by atoms with van der Waals surface area (Å²) in [5.74, 6) is 0.447. The molecule has 2 aromatic carbocycles. The van der Waals surface area contributed by atoms with Crippen LogP contribution in [0.5, 0.6) is 0 Å². The number of fused-ring (bicyclic) bond motifs is 1. The number of benzene rings is 2. The third kappa shape index (κ3) is 5.08. The van der Waals surface area contributed by atoms with E-state index in [1.54, 1.807) is 0 Å². The van der Waals surface area contributed by atoms with E-state index in [0.29, 0.717) is 18.1 Å². The molecule has 3 heterocycles. The van der Waals surface area contributed by atoms with Crippen LogP contribution in [-0.4, -0.2) is 64.7 Å². The van der Waals surface area contributed by atoms with E-state index in [9.17, 15) is 4.79 Å². The van der Waals surface area contributed by atoms with E-state index < -0.39 is 0 Å². The first-order valence-electron chi connectivity index (χ1n) is 11.7. The highest BCUT2D eigenvalue weighted by Gasteiger charge is 2.12. The van der Waals surface area contributed by atoms with E-state index in [1.165, 1.54) is 5.56 Å². The molecule has 8 heteroatoms. The second-order valence-corrected chi connectivity index (χ2v) is 8.53. The van der Waals surface area contributed by atoms with Crippen molar-refractivity contribution in [3.05, 3.63) is 77.9 Å². The van der Waals surface area contributed by atoms with Gasteiger partial charge in [0.15, 0.2) is 5.65 Å². The molecular weight excluding hydrogens is 426 g/mol. The van der Waals surface area contributed by atoms with Crippen molar-refractivity contribution in [3.8, 4) is 11.3 Å². The summed E-state index contributed by atoms with van der Waals surface area (Å²) in [7, 11) is 0. The van der Waals surface area contributed by atoms with Crippen LogP contribution in [0.3, 0.4) is 0 Å². The maximum absolute atomic E-state index is 12.5. The molecule has 0 saturated carbocycles. The number of carbonyl (C=O) groups is 1. The fourth-order valence-electron chi connectivity index (χ4n) is 4.10. The molecule has 1 fully saturated rings. The maximum Gasteiger partial charge on any atom is 0.251 e. The van der Waals surface area contributed by atoms with Gasteiger partial charge in [-0.2, -0.15) is 4.98 Å². The average Bonchev–Trinajstić information content (AvgIpc) is 3.28. The van der Waals surface area contributed by atoms with Crippen molar-refractivity contribution < 1.29 is 4.79 Å². The normalized spacial score (nSPS) is 14.3. The summed E-state index contributed by atoms with van der Waals surface area (Å²) in [6, 6.07) is 21.7. The van der Waals surface area contributed by atoms with Gasteiger partial charge in [-0.3, -0.25) is 9.69 Å². The van der Waals surface area contributed by atoms with Crippen LogP contribution >= 0.6 is 0 Å². The zero-order chi connectivity index (χ0) is 23.3. The highest BCUT2D eigenvalue weighted by atomic mass is 16.1. The average molecular weight is 456 g/mol. The molecule has 3 N–H and O–H groups in total. The van der Waals surface area contributed by atoms with Gasteiger partial charge in [0.2, 0.25) is 5.95 Å². The molecule has 1 amide bonds.